The molecule has 132 valence electrons. The Morgan fingerprint density at radius 1 is 1.12 bits per heavy atom. The fraction of sp³-hybridized carbons (Fsp3) is 0.800. The van der Waals surface area contributed by atoms with E-state index in [9.17, 15) is 9.59 Å². The quantitative estimate of drug-likeness (QED) is 0.690. The van der Waals surface area contributed by atoms with Crippen LogP contribution in [-0.2, 0) is 19.1 Å². The van der Waals surface area contributed by atoms with Crippen molar-refractivity contribution in [2.45, 2.75) is 71.0 Å². The molecule has 4 rings (SSSR count). The van der Waals surface area contributed by atoms with Gasteiger partial charge < -0.3 is 9.47 Å². The molecule has 1 saturated heterocycles. The first kappa shape index (κ1) is 16.3. The Labute approximate surface area is 144 Å². The lowest BCUT2D eigenvalue weighted by Gasteiger charge is -2.58. The molecule has 4 nitrogen and oxygen atoms in total. The second kappa shape index (κ2) is 4.51. The highest BCUT2D eigenvalue weighted by Gasteiger charge is 2.74. The SMILES string of the molecule is CO[C@]1(C)C(=O)O[C@@]23CC[C@H]4C(C)(C)CCC[C@]4(C)C2=CC(=O)[C@H]31. The topological polar surface area (TPSA) is 52.6 Å². The number of esters is 1. The minimum absolute atomic E-state index is 0.00505. The summed E-state index contributed by atoms with van der Waals surface area (Å²) in [5.74, 6) is -0.382. The maximum absolute atomic E-state index is 12.9. The smallest absolute Gasteiger partial charge is 0.339 e. The summed E-state index contributed by atoms with van der Waals surface area (Å²) in [6.07, 6.45) is 6.99. The third-order valence-electron chi connectivity index (χ3n) is 7.80. The van der Waals surface area contributed by atoms with Crippen molar-refractivity contribution in [3.8, 4) is 0 Å². The molecule has 0 bridgehead atoms. The zero-order chi connectivity index (χ0) is 17.5. The van der Waals surface area contributed by atoms with Crippen LogP contribution in [0.5, 0.6) is 0 Å². The van der Waals surface area contributed by atoms with Gasteiger partial charge in [0.25, 0.3) is 0 Å². The van der Waals surface area contributed by atoms with Crippen LogP contribution in [0.3, 0.4) is 0 Å². The number of hydrogen-bond donors (Lipinski definition) is 0. The number of hydrogen-bond acceptors (Lipinski definition) is 4. The van der Waals surface area contributed by atoms with Gasteiger partial charge in [-0.15, -0.1) is 0 Å². The van der Waals surface area contributed by atoms with Crippen molar-refractivity contribution in [2.24, 2.45) is 22.7 Å². The van der Waals surface area contributed by atoms with E-state index in [1.54, 1.807) is 6.92 Å². The van der Waals surface area contributed by atoms with E-state index in [1.807, 2.05) is 6.08 Å². The molecule has 0 aromatic carbocycles. The maximum atomic E-state index is 12.9. The number of rotatable bonds is 1. The Morgan fingerprint density at radius 2 is 1.83 bits per heavy atom. The van der Waals surface area contributed by atoms with Crippen LogP contribution in [0.1, 0.15) is 59.8 Å². The number of allylic oxidation sites excluding steroid dienone is 1. The molecular weight excluding hydrogens is 304 g/mol. The summed E-state index contributed by atoms with van der Waals surface area (Å²) in [5, 5.41) is 0. The minimum Gasteiger partial charge on any atom is -0.451 e. The van der Waals surface area contributed by atoms with Gasteiger partial charge in [-0.3, -0.25) is 4.79 Å². The van der Waals surface area contributed by atoms with Crippen molar-refractivity contribution in [1.82, 2.24) is 0 Å². The Bertz CT molecular complexity index is 663. The summed E-state index contributed by atoms with van der Waals surface area (Å²) in [5.41, 5.74) is -0.670. The van der Waals surface area contributed by atoms with Crippen molar-refractivity contribution < 1.29 is 19.1 Å². The summed E-state index contributed by atoms with van der Waals surface area (Å²) in [7, 11) is 1.50. The van der Waals surface area contributed by atoms with Crippen molar-refractivity contribution in [3.05, 3.63) is 11.6 Å². The Hall–Kier alpha value is -1.16. The number of carbonyl (C=O) groups is 2. The van der Waals surface area contributed by atoms with Gasteiger partial charge in [0.05, 0.1) is 0 Å². The van der Waals surface area contributed by atoms with Gasteiger partial charge in [0.15, 0.2) is 11.4 Å². The lowest BCUT2D eigenvalue weighted by Crippen LogP contribution is -2.55. The number of carbonyl (C=O) groups excluding carboxylic acids is 2. The molecule has 1 aliphatic heterocycles. The number of fused-ring (bicyclic) bond motifs is 2. The van der Waals surface area contributed by atoms with Crippen LogP contribution < -0.4 is 0 Å². The number of ketones is 1. The second-order valence-corrected chi connectivity index (χ2v) is 9.33. The van der Waals surface area contributed by atoms with E-state index in [0.29, 0.717) is 5.92 Å². The van der Waals surface area contributed by atoms with Crippen molar-refractivity contribution in [3.63, 3.8) is 0 Å². The fourth-order valence-corrected chi connectivity index (χ4v) is 6.64. The molecule has 24 heavy (non-hydrogen) atoms. The molecule has 0 radical (unpaired) electrons. The first-order valence-electron chi connectivity index (χ1n) is 9.17. The monoisotopic (exact) mass is 332 g/mol. The van der Waals surface area contributed by atoms with Crippen LogP contribution >= 0.6 is 0 Å². The van der Waals surface area contributed by atoms with E-state index in [-0.39, 0.29) is 22.6 Å². The molecule has 0 unspecified atom stereocenters. The maximum Gasteiger partial charge on any atom is 0.339 e. The standard InChI is InChI=1S/C20H28O4/c1-17(2)8-6-9-18(3)13(17)7-10-20-14(18)11-12(21)15(20)19(4,23-5)16(22)24-20/h11,13,15H,6-10H2,1-5H3/t13-,15-,18-,19-,20-/m0/s1. The van der Waals surface area contributed by atoms with Gasteiger partial charge in [0.2, 0.25) is 0 Å². The average molecular weight is 332 g/mol. The van der Waals surface area contributed by atoms with Gasteiger partial charge in [-0.1, -0.05) is 27.2 Å². The van der Waals surface area contributed by atoms with Crippen molar-refractivity contribution in [1.29, 1.82) is 0 Å². The molecule has 0 aromatic heterocycles. The lowest BCUT2D eigenvalue weighted by atomic mass is 9.47. The van der Waals surface area contributed by atoms with E-state index >= 15 is 0 Å². The normalized spacial score (nSPS) is 49.1. The summed E-state index contributed by atoms with van der Waals surface area (Å²) in [6, 6.07) is 0. The number of ether oxygens (including phenoxy) is 2. The molecule has 1 spiro atoms. The molecule has 3 fully saturated rings. The molecule has 4 heteroatoms. The van der Waals surface area contributed by atoms with Gasteiger partial charge in [0, 0.05) is 7.11 Å². The zero-order valence-electron chi connectivity index (χ0n) is 15.4. The average Bonchev–Trinajstić information content (AvgIpc) is 2.90. The van der Waals surface area contributed by atoms with E-state index < -0.39 is 17.1 Å². The molecule has 0 N–H and O–H groups in total. The highest BCUT2D eigenvalue weighted by molar-refractivity contribution is 6.05. The van der Waals surface area contributed by atoms with Crippen molar-refractivity contribution in [2.75, 3.05) is 7.11 Å². The van der Waals surface area contributed by atoms with Gasteiger partial charge >= 0.3 is 5.97 Å². The van der Waals surface area contributed by atoms with E-state index in [2.05, 4.69) is 20.8 Å². The van der Waals surface area contributed by atoms with Crippen molar-refractivity contribution >= 4 is 11.8 Å². The minimum atomic E-state index is -1.16. The summed E-state index contributed by atoms with van der Waals surface area (Å²) < 4.78 is 11.5. The zero-order valence-corrected chi connectivity index (χ0v) is 15.4. The van der Waals surface area contributed by atoms with E-state index in [0.717, 1.165) is 31.3 Å². The third-order valence-corrected chi connectivity index (χ3v) is 7.80. The van der Waals surface area contributed by atoms with E-state index in [4.69, 9.17) is 9.47 Å². The molecule has 3 aliphatic carbocycles. The first-order valence-corrected chi connectivity index (χ1v) is 9.17. The molecular formula is C20H28O4. The predicted molar refractivity (Wildman–Crippen MR) is 89.3 cm³/mol. The molecule has 0 amide bonds. The molecule has 4 aliphatic rings. The first-order chi connectivity index (χ1) is 11.1. The van der Waals surface area contributed by atoms with Crippen LogP contribution in [0.25, 0.3) is 0 Å². The Balaban J connectivity index is 1.85. The summed E-state index contributed by atoms with van der Waals surface area (Å²) in [4.78, 5) is 25.5. The van der Waals surface area contributed by atoms with Crippen LogP contribution in [-0.4, -0.2) is 30.1 Å². The van der Waals surface area contributed by atoms with Gasteiger partial charge in [-0.2, -0.15) is 0 Å². The van der Waals surface area contributed by atoms with Gasteiger partial charge in [-0.05, 0) is 61.0 Å². The molecule has 1 heterocycles. The largest absolute Gasteiger partial charge is 0.451 e. The molecule has 5 atom stereocenters. The van der Waals surface area contributed by atoms with Gasteiger partial charge in [0.1, 0.15) is 11.5 Å². The van der Waals surface area contributed by atoms with Crippen LogP contribution in [0.15, 0.2) is 11.6 Å². The predicted octanol–water partition coefficient (Wildman–Crippen LogP) is 3.44. The van der Waals surface area contributed by atoms with Crippen LogP contribution in [0.2, 0.25) is 0 Å². The fourth-order valence-electron chi connectivity index (χ4n) is 6.64. The Morgan fingerprint density at radius 3 is 2.50 bits per heavy atom. The second-order valence-electron chi connectivity index (χ2n) is 9.33. The number of methoxy groups -OCH3 is 1. The highest BCUT2D eigenvalue weighted by atomic mass is 16.6. The van der Waals surface area contributed by atoms with Gasteiger partial charge in [-0.25, -0.2) is 4.79 Å². The molecule has 0 aromatic rings. The highest BCUT2D eigenvalue weighted by Crippen LogP contribution is 2.68. The van der Waals surface area contributed by atoms with Crippen LogP contribution in [0.4, 0.5) is 0 Å². The summed E-state index contributed by atoms with van der Waals surface area (Å²) >= 11 is 0. The lowest BCUT2D eigenvalue weighted by molar-refractivity contribution is -0.162. The third kappa shape index (κ3) is 1.63. The molecule has 2 saturated carbocycles. The summed E-state index contributed by atoms with van der Waals surface area (Å²) in [6.45, 7) is 8.70. The Kier molecular flexibility index (Phi) is 3.07. The van der Waals surface area contributed by atoms with E-state index in [1.165, 1.54) is 13.5 Å². The van der Waals surface area contributed by atoms with Crippen LogP contribution in [0, 0.1) is 22.7 Å².